The zero-order chi connectivity index (χ0) is 10.8. The lowest BCUT2D eigenvalue weighted by Crippen LogP contribution is -2.10. The van der Waals surface area contributed by atoms with Crippen LogP contribution in [0.5, 0.6) is 5.88 Å². The van der Waals surface area contributed by atoms with E-state index in [1.807, 2.05) is 19.9 Å². The van der Waals surface area contributed by atoms with Gasteiger partial charge in [0.2, 0.25) is 5.88 Å². The average Bonchev–Trinajstić information content (AvgIpc) is 2.99. The minimum Gasteiger partial charge on any atom is -0.475 e. The lowest BCUT2D eigenvalue weighted by Gasteiger charge is -2.08. The number of hydrogen-bond acceptors (Lipinski definition) is 3. The lowest BCUT2D eigenvalue weighted by molar-refractivity contribution is 0.0961. The van der Waals surface area contributed by atoms with Gasteiger partial charge in [-0.3, -0.25) is 4.79 Å². The monoisotopic (exact) mass is 205 g/mol. The number of Topliss-reactive ketones (excluding diaryl/α,β-unsaturated/α-hetero) is 1. The zero-order valence-corrected chi connectivity index (χ0v) is 9.06. The summed E-state index contributed by atoms with van der Waals surface area (Å²) in [5, 5.41) is 0. The number of pyridine rings is 1. The summed E-state index contributed by atoms with van der Waals surface area (Å²) < 4.78 is 5.44. The van der Waals surface area contributed by atoms with Crippen LogP contribution in [0.4, 0.5) is 0 Å². The van der Waals surface area contributed by atoms with Crippen LogP contribution in [0.25, 0.3) is 0 Å². The van der Waals surface area contributed by atoms with Gasteiger partial charge in [-0.2, -0.15) is 0 Å². The Morgan fingerprint density at radius 1 is 1.47 bits per heavy atom. The molecule has 1 aliphatic rings. The topological polar surface area (TPSA) is 39.2 Å². The molecule has 0 amide bonds. The van der Waals surface area contributed by atoms with E-state index in [2.05, 4.69) is 4.98 Å². The minimum absolute atomic E-state index is 0.0868. The van der Waals surface area contributed by atoms with Crippen LogP contribution in [0.3, 0.4) is 0 Å². The van der Waals surface area contributed by atoms with Crippen LogP contribution >= 0.6 is 0 Å². The third kappa shape index (κ3) is 2.55. The number of carbonyl (C=O) groups is 1. The van der Waals surface area contributed by atoms with Gasteiger partial charge in [0.15, 0.2) is 5.78 Å². The van der Waals surface area contributed by atoms with Crippen molar-refractivity contribution in [2.45, 2.75) is 32.8 Å². The highest BCUT2D eigenvalue weighted by molar-refractivity contribution is 5.97. The number of ether oxygens (including phenoxy) is 1. The molecule has 0 spiro atoms. The number of hydrogen-bond donors (Lipinski definition) is 0. The van der Waals surface area contributed by atoms with Gasteiger partial charge in [0.25, 0.3) is 0 Å². The highest BCUT2D eigenvalue weighted by Gasteiger charge is 2.31. The summed E-state index contributed by atoms with van der Waals surface area (Å²) in [4.78, 5) is 15.9. The fourth-order valence-electron chi connectivity index (χ4n) is 1.41. The van der Waals surface area contributed by atoms with Gasteiger partial charge in [0.1, 0.15) is 5.69 Å². The highest BCUT2D eigenvalue weighted by atomic mass is 16.5. The van der Waals surface area contributed by atoms with Crippen LogP contribution in [0.15, 0.2) is 18.2 Å². The molecule has 80 valence electrons. The molecule has 0 aliphatic heterocycles. The summed E-state index contributed by atoms with van der Waals surface area (Å²) in [5.74, 6) is 0.910. The summed E-state index contributed by atoms with van der Waals surface area (Å²) >= 11 is 0. The van der Waals surface area contributed by atoms with Crippen LogP contribution < -0.4 is 4.74 Å². The minimum atomic E-state index is 0.0868. The summed E-state index contributed by atoms with van der Waals surface area (Å²) in [7, 11) is 0. The first-order chi connectivity index (χ1) is 7.16. The van der Waals surface area contributed by atoms with E-state index < -0.39 is 0 Å². The third-order valence-corrected chi connectivity index (χ3v) is 2.28. The Morgan fingerprint density at radius 3 is 2.80 bits per heavy atom. The molecule has 0 saturated heterocycles. The van der Waals surface area contributed by atoms with Gasteiger partial charge in [-0.1, -0.05) is 6.07 Å². The van der Waals surface area contributed by atoms with E-state index >= 15 is 0 Å². The third-order valence-electron chi connectivity index (χ3n) is 2.28. The van der Waals surface area contributed by atoms with Crippen LogP contribution in [-0.4, -0.2) is 16.9 Å². The van der Waals surface area contributed by atoms with E-state index in [0.717, 1.165) is 12.8 Å². The van der Waals surface area contributed by atoms with Gasteiger partial charge in [0, 0.05) is 12.0 Å². The molecule has 1 aliphatic carbocycles. The molecule has 2 rings (SSSR count). The molecule has 0 radical (unpaired) electrons. The Bertz CT molecular complexity index is 370. The van der Waals surface area contributed by atoms with E-state index in [4.69, 9.17) is 4.74 Å². The Morgan fingerprint density at radius 2 is 2.20 bits per heavy atom. The molecule has 1 fully saturated rings. The average molecular weight is 205 g/mol. The van der Waals surface area contributed by atoms with Crippen molar-refractivity contribution in [1.29, 1.82) is 0 Å². The van der Waals surface area contributed by atoms with Crippen molar-refractivity contribution in [3.63, 3.8) is 0 Å². The van der Waals surface area contributed by atoms with E-state index in [1.165, 1.54) is 0 Å². The molecular weight excluding hydrogens is 190 g/mol. The maximum atomic E-state index is 11.7. The van der Waals surface area contributed by atoms with Gasteiger partial charge in [-0.15, -0.1) is 0 Å². The Balaban J connectivity index is 2.14. The number of ketones is 1. The molecule has 15 heavy (non-hydrogen) atoms. The molecule has 3 heteroatoms. The quantitative estimate of drug-likeness (QED) is 0.709. The van der Waals surface area contributed by atoms with Crippen LogP contribution in [0, 0.1) is 5.92 Å². The smallest absolute Gasteiger partial charge is 0.214 e. The standard InChI is InChI=1S/C12H15NO2/c1-8(2)15-11-5-3-4-10(13-11)12(14)9-6-7-9/h3-5,8-9H,6-7H2,1-2H3. The second-order valence-electron chi connectivity index (χ2n) is 4.17. The van der Waals surface area contributed by atoms with Crippen LogP contribution in [0.1, 0.15) is 37.2 Å². The molecule has 0 N–H and O–H groups in total. The molecule has 1 aromatic heterocycles. The Labute approximate surface area is 89.5 Å². The molecule has 0 aromatic carbocycles. The SMILES string of the molecule is CC(C)Oc1cccc(C(=O)C2CC2)n1. The van der Waals surface area contributed by atoms with Crippen molar-refractivity contribution < 1.29 is 9.53 Å². The Kier molecular flexibility index (Phi) is 2.71. The molecule has 1 aromatic rings. The largest absolute Gasteiger partial charge is 0.475 e. The fourth-order valence-corrected chi connectivity index (χ4v) is 1.41. The molecule has 0 atom stereocenters. The van der Waals surface area contributed by atoms with Crippen molar-refractivity contribution in [1.82, 2.24) is 4.98 Å². The van der Waals surface area contributed by atoms with Gasteiger partial charge in [0.05, 0.1) is 6.10 Å². The zero-order valence-electron chi connectivity index (χ0n) is 9.06. The second-order valence-corrected chi connectivity index (χ2v) is 4.17. The van der Waals surface area contributed by atoms with E-state index in [9.17, 15) is 4.79 Å². The predicted octanol–water partition coefficient (Wildman–Crippen LogP) is 2.46. The first kappa shape index (κ1) is 10.1. The maximum Gasteiger partial charge on any atom is 0.214 e. The second kappa shape index (κ2) is 4.01. The van der Waals surface area contributed by atoms with Crippen molar-refractivity contribution >= 4 is 5.78 Å². The summed E-state index contributed by atoms with van der Waals surface area (Å²) in [6.45, 7) is 3.88. The van der Waals surface area contributed by atoms with Crippen molar-refractivity contribution in [3.8, 4) is 5.88 Å². The molecule has 0 bridgehead atoms. The molecule has 0 unspecified atom stereocenters. The lowest BCUT2D eigenvalue weighted by atomic mass is 10.2. The van der Waals surface area contributed by atoms with Gasteiger partial charge in [-0.05, 0) is 32.8 Å². The highest BCUT2D eigenvalue weighted by Crippen LogP contribution is 2.32. The van der Waals surface area contributed by atoms with Crippen molar-refractivity contribution in [2.24, 2.45) is 5.92 Å². The first-order valence-electron chi connectivity index (χ1n) is 5.35. The summed E-state index contributed by atoms with van der Waals surface area (Å²) in [6, 6.07) is 5.36. The molecule has 1 heterocycles. The van der Waals surface area contributed by atoms with E-state index in [1.54, 1.807) is 12.1 Å². The Hall–Kier alpha value is -1.38. The molecule has 3 nitrogen and oxygen atoms in total. The number of nitrogens with zero attached hydrogens (tertiary/aromatic N) is 1. The normalized spacial score (nSPS) is 15.4. The van der Waals surface area contributed by atoms with Crippen molar-refractivity contribution in [2.75, 3.05) is 0 Å². The van der Waals surface area contributed by atoms with Crippen molar-refractivity contribution in [3.05, 3.63) is 23.9 Å². The maximum absolute atomic E-state index is 11.7. The number of carbonyl (C=O) groups excluding carboxylic acids is 1. The summed E-state index contributed by atoms with van der Waals surface area (Å²) in [6.07, 6.45) is 2.11. The number of rotatable bonds is 4. The van der Waals surface area contributed by atoms with Gasteiger partial charge in [-0.25, -0.2) is 4.98 Å². The van der Waals surface area contributed by atoms with Crippen LogP contribution in [0.2, 0.25) is 0 Å². The van der Waals surface area contributed by atoms with E-state index in [-0.39, 0.29) is 17.8 Å². The predicted molar refractivity (Wildman–Crippen MR) is 57.1 cm³/mol. The van der Waals surface area contributed by atoms with Crippen LogP contribution in [-0.2, 0) is 0 Å². The van der Waals surface area contributed by atoms with Gasteiger partial charge >= 0.3 is 0 Å². The summed E-state index contributed by atoms with van der Waals surface area (Å²) in [5.41, 5.74) is 0.538. The van der Waals surface area contributed by atoms with Gasteiger partial charge < -0.3 is 4.74 Å². The molecule has 1 saturated carbocycles. The number of aromatic nitrogens is 1. The first-order valence-corrected chi connectivity index (χ1v) is 5.35. The fraction of sp³-hybridized carbons (Fsp3) is 0.500. The molecular formula is C12H15NO2. The van der Waals surface area contributed by atoms with E-state index in [0.29, 0.717) is 11.6 Å².